The molecule has 1 heterocycles. The van der Waals surface area contributed by atoms with Crippen molar-refractivity contribution in [3.63, 3.8) is 0 Å². The van der Waals surface area contributed by atoms with E-state index in [-0.39, 0.29) is 11.0 Å². The second kappa shape index (κ2) is 3.44. The summed E-state index contributed by atoms with van der Waals surface area (Å²) in [5, 5.41) is 12.7. The van der Waals surface area contributed by atoms with Gasteiger partial charge in [-0.25, -0.2) is 4.79 Å². The van der Waals surface area contributed by atoms with Gasteiger partial charge in [-0.2, -0.15) is 0 Å². The van der Waals surface area contributed by atoms with Crippen molar-refractivity contribution < 1.29 is 14.4 Å². The van der Waals surface area contributed by atoms with E-state index in [1.807, 2.05) is 20.8 Å². The third-order valence-corrected chi connectivity index (χ3v) is 1.85. The molecule has 0 atom stereocenters. The zero-order chi connectivity index (χ0) is 10.9. The van der Waals surface area contributed by atoms with Crippen LogP contribution in [0.3, 0.4) is 0 Å². The molecule has 0 amide bonds. The minimum atomic E-state index is -0.969. The molecule has 0 aliphatic rings. The van der Waals surface area contributed by atoms with E-state index in [1.54, 1.807) is 6.92 Å². The fourth-order valence-corrected chi connectivity index (χ4v) is 1.32. The topological polar surface area (TPSA) is 63.3 Å². The minimum absolute atomic E-state index is 0.00745. The van der Waals surface area contributed by atoms with Gasteiger partial charge in [-0.3, -0.25) is 0 Å². The summed E-state index contributed by atoms with van der Waals surface area (Å²) >= 11 is 0. The lowest BCUT2D eigenvalue weighted by molar-refractivity contribution is 0.0693. The third-order valence-electron chi connectivity index (χ3n) is 1.85. The maximum absolute atomic E-state index is 10.9. The first-order valence-corrected chi connectivity index (χ1v) is 4.50. The lowest BCUT2D eigenvalue weighted by atomic mass is 9.89. The predicted molar refractivity (Wildman–Crippen MR) is 51.4 cm³/mol. The molecule has 0 fully saturated rings. The smallest absolute Gasteiger partial charge is 0.341 e. The van der Waals surface area contributed by atoms with Crippen molar-refractivity contribution in [1.82, 2.24) is 5.16 Å². The second-order valence-electron chi connectivity index (χ2n) is 4.60. The van der Waals surface area contributed by atoms with Crippen molar-refractivity contribution in [1.29, 1.82) is 0 Å². The van der Waals surface area contributed by atoms with E-state index in [2.05, 4.69) is 5.16 Å². The van der Waals surface area contributed by atoms with E-state index in [1.165, 1.54) is 0 Å². The Morgan fingerprint density at radius 1 is 1.50 bits per heavy atom. The van der Waals surface area contributed by atoms with E-state index in [0.29, 0.717) is 17.9 Å². The van der Waals surface area contributed by atoms with Crippen LogP contribution in [0.25, 0.3) is 0 Å². The molecule has 1 rings (SSSR count). The Bertz CT molecular complexity index is 347. The van der Waals surface area contributed by atoms with Gasteiger partial charge in [0.15, 0.2) is 0 Å². The summed E-state index contributed by atoms with van der Waals surface area (Å²) in [5.74, 6) is -0.597. The van der Waals surface area contributed by atoms with Gasteiger partial charge in [0.25, 0.3) is 0 Å². The van der Waals surface area contributed by atoms with E-state index in [4.69, 9.17) is 9.63 Å². The number of hydrogen-bond acceptors (Lipinski definition) is 3. The van der Waals surface area contributed by atoms with Crippen LogP contribution >= 0.6 is 0 Å². The Hall–Kier alpha value is -1.32. The first kappa shape index (κ1) is 10.8. The molecule has 1 aromatic heterocycles. The Labute approximate surface area is 82.9 Å². The van der Waals surface area contributed by atoms with Gasteiger partial charge < -0.3 is 9.63 Å². The molecule has 0 saturated carbocycles. The summed E-state index contributed by atoms with van der Waals surface area (Å²) in [6.07, 6.45) is 0.603. The van der Waals surface area contributed by atoms with Crippen molar-refractivity contribution in [2.24, 2.45) is 5.41 Å². The van der Waals surface area contributed by atoms with Crippen LogP contribution in [0.2, 0.25) is 0 Å². The van der Waals surface area contributed by atoms with E-state index < -0.39 is 5.97 Å². The van der Waals surface area contributed by atoms with Crippen molar-refractivity contribution in [3.8, 4) is 0 Å². The molecular formula is C10H15NO3. The molecule has 0 unspecified atom stereocenters. The number of aromatic carboxylic acids is 1. The highest BCUT2D eigenvalue weighted by Crippen LogP contribution is 2.23. The van der Waals surface area contributed by atoms with Gasteiger partial charge in [0, 0.05) is 0 Å². The molecule has 0 aliphatic carbocycles. The molecule has 78 valence electrons. The maximum Gasteiger partial charge on any atom is 0.341 e. The SMILES string of the molecule is Cc1onc(CC(C)(C)C)c1C(=O)O. The van der Waals surface area contributed by atoms with Crippen LogP contribution in [0, 0.1) is 12.3 Å². The highest BCUT2D eigenvalue weighted by Gasteiger charge is 2.23. The average molecular weight is 197 g/mol. The molecule has 14 heavy (non-hydrogen) atoms. The second-order valence-corrected chi connectivity index (χ2v) is 4.60. The fourth-order valence-electron chi connectivity index (χ4n) is 1.32. The van der Waals surface area contributed by atoms with Crippen LogP contribution in [0.15, 0.2) is 4.52 Å². The van der Waals surface area contributed by atoms with Crippen molar-refractivity contribution in [3.05, 3.63) is 17.0 Å². The fraction of sp³-hybridized carbons (Fsp3) is 0.600. The van der Waals surface area contributed by atoms with Crippen LogP contribution in [0.1, 0.15) is 42.6 Å². The summed E-state index contributed by atoms with van der Waals surface area (Å²) in [4.78, 5) is 10.9. The quantitative estimate of drug-likeness (QED) is 0.789. The predicted octanol–water partition coefficient (Wildman–Crippen LogP) is 2.27. The van der Waals surface area contributed by atoms with Gasteiger partial charge in [-0.1, -0.05) is 25.9 Å². The van der Waals surface area contributed by atoms with Gasteiger partial charge in [-0.15, -0.1) is 0 Å². The van der Waals surface area contributed by atoms with Crippen molar-refractivity contribution >= 4 is 5.97 Å². The molecule has 0 spiro atoms. The lowest BCUT2D eigenvalue weighted by Gasteiger charge is -2.15. The normalized spacial score (nSPS) is 11.7. The molecule has 4 heteroatoms. The number of carboxylic acid groups (broad SMARTS) is 1. The molecule has 0 radical (unpaired) electrons. The lowest BCUT2D eigenvalue weighted by Crippen LogP contribution is -2.12. The van der Waals surface area contributed by atoms with Gasteiger partial charge in [0.2, 0.25) is 0 Å². The number of aryl methyl sites for hydroxylation is 1. The number of nitrogens with zero attached hydrogens (tertiary/aromatic N) is 1. The molecule has 1 aromatic rings. The molecule has 1 N–H and O–H groups in total. The highest BCUT2D eigenvalue weighted by molar-refractivity contribution is 5.89. The summed E-state index contributed by atoms with van der Waals surface area (Å²) in [6.45, 7) is 7.70. The van der Waals surface area contributed by atoms with Crippen LogP contribution in [0.5, 0.6) is 0 Å². The molecular weight excluding hydrogens is 182 g/mol. The Kier molecular flexibility index (Phi) is 2.64. The number of aromatic nitrogens is 1. The van der Waals surface area contributed by atoms with Gasteiger partial charge in [0.1, 0.15) is 11.3 Å². The van der Waals surface area contributed by atoms with Crippen LogP contribution in [-0.4, -0.2) is 16.2 Å². The van der Waals surface area contributed by atoms with E-state index in [0.717, 1.165) is 0 Å². The molecule has 4 nitrogen and oxygen atoms in total. The largest absolute Gasteiger partial charge is 0.477 e. The highest BCUT2D eigenvalue weighted by atomic mass is 16.5. The van der Waals surface area contributed by atoms with Crippen LogP contribution < -0.4 is 0 Å². The average Bonchev–Trinajstić information content (AvgIpc) is 2.27. The Morgan fingerprint density at radius 3 is 2.50 bits per heavy atom. The zero-order valence-corrected chi connectivity index (χ0v) is 8.92. The first-order chi connectivity index (χ1) is 6.31. The maximum atomic E-state index is 10.9. The molecule has 0 aliphatic heterocycles. The monoisotopic (exact) mass is 197 g/mol. The van der Waals surface area contributed by atoms with Gasteiger partial charge in [0.05, 0.1) is 5.69 Å². The summed E-state index contributed by atoms with van der Waals surface area (Å²) in [5.41, 5.74) is 0.746. The molecule has 0 aromatic carbocycles. The molecule has 0 saturated heterocycles. The van der Waals surface area contributed by atoms with Crippen LogP contribution in [-0.2, 0) is 6.42 Å². The molecule has 0 bridgehead atoms. The van der Waals surface area contributed by atoms with E-state index >= 15 is 0 Å². The summed E-state index contributed by atoms with van der Waals surface area (Å²) < 4.78 is 4.87. The summed E-state index contributed by atoms with van der Waals surface area (Å²) in [6, 6.07) is 0. The number of carbonyl (C=O) groups is 1. The zero-order valence-electron chi connectivity index (χ0n) is 8.92. The number of rotatable bonds is 2. The first-order valence-electron chi connectivity index (χ1n) is 4.50. The minimum Gasteiger partial charge on any atom is -0.477 e. The summed E-state index contributed by atoms with van der Waals surface area (Å²) in [7, 11) is 0. The number of hydrogen-bond donors (Lipinski definition) is 1. The Morgan fingerprint density at radius 2 is 2.07 bits per heavy atom. The van der Waals surface area contributed by atoms with Crippen LogP contribution in [0.4, 0.5) is 0 Å². The third kappa shape index (κ3) is 2.34. The standard InChI is InChI=1S/C10H15NO3/c1-6-8(9(12)13)7(11-14-6)5-10(2,3)4/h5H2,1-4H3,(H,12,13). The van der Waals surface area contributed by atoms with Gasteiger partial charge >= 0.3 is 5.97 Å². The van der Waals surface area contributed by atoms with Crippen molar-refractivity contribution in [2.75, 3.05) is 0 Å². The van der Waals surface area contributed by atoms with Crippen molar-refractivity contribution in [2.45, 2.75) is 34.1 Å². The van der Waals surface area contributed by atoms with Gasteiger partial charge in [-0.05, 0) is 18.8 Å². The van der Waals surface area contributed by atoms with E-state index in [9.17, 15) is 4.79 Å². The number of carboxylic acids is 1. The Balaban J connectivity index is 3.04.